The second-order valence-corrected chi connectivity index (χ2v) is 6.97. The van der Waals surface area contributed by atoms with Gasteiger partial charge in [-0.2, -0.15) is 0 Å². The number of allylic oxidation sites excluding steroid dienone is 2. The summed E-state index contributed by atoms with van der Waals surface area (Å²) in [5.41, 5.74) is 0.498. The van der Waals surface area contributed by atoms with Crippen LogP contribution >= 0.6 is 0 Å². The predicted octanol–water partition coefficient (Wildman–Crippen LogP) is 4.66. The molecule has 0 aromatic heterocycles. The first-order valence-electron chi connectivity index (χ1n) is 6.64. The van der Waals surface area contributed by atoms with Gasteiger partial charge in [-0.05, 0) is 54.8 Å². The molecule has 0 aromatic rings. The lowest BCUT2D eigenvalue weighted by atomic mass is 9.90. The standard InChI is InChI=1S/C15H26/c1-11-9-13(11)14-10-12(14)7-5-6-8-15(2,3)4/h5,7,11-14H,6,8-10H2,1-4H3/b7-5+. The highest BCUT2D eigenvalue weighted by atomic mass is 14.5. The fourth-order valence-corrected chi connectivity index (χ4v) is 2.68. The van der Waals surface area contributed by atoms with Crippen molar-refractivity contribution < 1.29 is 0 Å². The Hall–Kier alpha value is -0.260. The molecule has 4 atom stereocenters. The summed E-state index contributed by atoms with van der Waals surface area (Å²) in [5.74, 6) is 4.18. The first-order valence-corrected chi connectivity index (χ1v) is 6.64. The quantitative estimate of drug-likeness (QED) is 0.587. The van der Waals surface area contributed by atoms with Gasteiger partial charge in [0.05, 0.1) is 0 Å². The van der Waals surface area contributed by atoms with Crippen molar-refractivity contribution in [2.24, 2.45) is 29.1 Å². The first kappa shape index (κ1) is 11.2. The molecule has 0 aliphatic heterocycles. The van der Waals surface area contributed by atoms with E-state index in [4.69, 9.17) is 0 Å². The monoisotopic (exact) mass is 206 g/mol. The molecule has 15 heavy (non-hydrogen) atoms. The van der Waals surface area contributed by atoms with Crippen LogP contribution in [0.2, 0.25) is 0 Å². The number of rotatable bonds is 4. The van der Waals surface area contributed by atoms with Crippen LogP contribution in [-0.2, 0) is 0 Å². The molecule has 0 radical (unpaired) electrons. The zero-order chi connectivity index (χ0) is 11.1. The Bertz CT molecular complexity index is 243. The molecule has 0 nitrogen and oxygen atoms in total. The van der Waals surface area contributed by atoms with Gasteiger partial charge in [0.1, 0.15) is 0 Å². The van der Waals surface area contributed by atoms with Crippen molar-refractivity contribution in [1.82, 2.24) is 0 Å². The van der Waals surface area contributed by atoms with Gasteiger partial charge in [0.15, 0.2) is 0 Å². The van der Waals surface area contributed by atoms with Crippen LogP contribution in [0, 0.1) is 29.1 Å². The van der Waals surface area contributed by atoms with Crippen molar-refractivity contribution in [2.45, 2.75) is 53.4 Å². The molecule has 2 aliphatic carbocycles. The minimum absolute atomic E-state index is 0.498. The van der Waals surface area contributed by atoms with Crippen LogP contribution in [0.25, 0.3) is 0 Å². The summed E-state index contributed by atoms with van der Waals surface area (Å²) < 4.78 is 0. The summed E-state index contributed by atoms with van der Waals surface area (Å²) in [7, 11) is 0. The van der Waals surface area contributed by atoms with E-state index in [1.807, 2.05) is 0 Å². The Morgan fingerprint density at radius 1 is 1.13 bits per heavy atom. The van der Waals surface area contributed by atoms with Crippen LogP contribution in [0.4, 0.5) is 0 Å². The van der Waals surface area contributed by atoms with E-state index in [1.165, 1.54) is 25.7 Å². The van der Waals surface area contributed by atoms with Crippen LogP contribution in [0.3, 0.4) is 0 Å². The molecule has 0 aromatic carbocycles. The molecule has 2 rings (SSSR count). The van der Waals surface area contributed by atoms with E-state index >= 15 is 0 Å². The van der Waals surface area contributed by atoms with E-state index in [0.717, 1.165) is 23.7 Å². The average molecular weight is 206 g/mol. The third-order valence-electron chi connectivity index (χ3n) is 4.06. The van der Waals surface area contributed by atoms with Gasteiger partial charge in [-0.1, -0.05) is 39.8 Å². The summed E-state index contributed by atoms with van der Waals surface area (Å²) in [6, 6.07) is 0. The molecule has 0 amide bonds. The average Bonchev–Trinajstić information content (AvgIpc) is 2.94. The van der Waals surface area contributed by atoms with Crippen molar-refractivity contribution in [1.29, 1.82) is 0 Å². The minimum Gasteiger partial charge on any atom is -0.0882 e. The van der Waals surface area contributed by atoms with Crippen LogP contribution < -0.4 is 0 Å². The van der Waals surface area contributed by atoms with Crippen molar-refractivity contribution >= 4 is 0 Å². The molecule has 0 spiro atoms. The molecule has 0 heteroatoms. The molecule has 4 unspecified atom stereocenters. The van der Waals surface area contributed by atoms with Gasteiger partial charge in [-0.15, -0.1) is 0 Å². The summed E-state index contributed by atoms with van der Waals surface area (Å²) in [6.07, 6.45) is 10.5. The zero-order valence-corrected chi connectivity index (χ0v) is 10.8. The van der Waals surface area contributed by atoms with E-state index < -0.39 is 0 Å². The largest absolute Gasteiger partial charge is 0.0882 e. The third-order valence-corrected chi connectivity index (χ3v) is 4.06. The first-order chi connectivity index (χ1) is 6.97. The van der Waals surface area contributed by atoms with E-state index in [1.54, 1.807) is 0 Å². The molecular weight excluding hydrogens is 180 g/mol. The molecule has 2 fully saturated rings. The summed E-state index contributed by atoms with van der Waals surface area (Å²) in [4.78, 5) is 0. The topological polar surface area (TPSA) is 0 Å². The van der Waals surface area contributed by atoms with Gasteiger partial charge in [-0.3, -0.25) is 0 Å². The Morgan fingerprint density at radius 2 is 1.80 bits per heavy atom. The van der Waals surface area contributed by atoms with E-state index in [9.17, 15) is 0 Å². The highest BCUT2D eigenvalue weighted by molar-refractivity contribution is 5.08. The maximum atomic E-state index is 2.50. The SMILES string of the molecule is CC1CC1C1CC1/C=C/CCC(C)(C)C. The van der Waals surface area contributed by atoms with Crippen molar-refractivity contribution in [2.75, 3.05) is 0 Å². The summed E-state index contributed by atoms with van der Waals surface area (Å²) in [6.45, 7) is 9.38. The van der Waals surface area contributed by atoms with E-state index in [2.05, 4.69) is 39.8 Å². The Kier molecular flexibility index (Phi) is 2.96. The minimum atomic E-state index is 0.498. The van der Waals surface area contributed by atoms with Crippen LogP contribution in [0.1, 0.15) is 53.4 Å². The van der Waals surface area contributed by atoms with Gasteiger partial charge < -0.3 is 0 Å². The van der Waals surface area contributed by atoms with Crippen molar-refractivity contribution in [3.8, 4) is 0 Å². The van der Waals surface area contributed by atoms with Gasteiger partial charge >= 0.3 is 0 Å². The van der Waals surface area contributed by atoms with Gasteiger partial charge in [0.25, 0.3) is 0 Å². The van der Waals surface area contributed by atoms with Crippen LogP contribution in [-0.4, -0.2) is 0 Å². The second kappa shape index (κ2) is 3.96. The fraction of sp³-hybridized carbons (Fsp3) is 0.867. The predicted molar refractivity (Wildman–Crippen MR) is 66.7 cm³/mol. The lowest BCUT2D eigenvalue weighted by molar-refractivity contribution is 0.381. The third kappa shape index (κ3) is 3.36. The maximum Gasteiger partial charge on any atom is -0.0199 e. The molecule has 86 valence electrons. The summed E-state index contributed by atoms with van der Waals surface area (Å²) in [5, 5.41) is 0. The van der Waals surface area contributed by atoms with Gasteiger partial charge in [0.2, 0.25) is 0 Å². The van der Waals surface area contributed by atoms with Crippen molar-refractivity contribution in [3.63, 3.8) is 0 Å². The Balaban J connectivity index is 1.61. The number of hydrogen-bond acceptors (Lipinski definition) is 0. The Morgan fingerprint density at radius 3 is 2.33 bits per heavy atom. The summed E-state index contributed by atoms with van der Waals surface area (Å²) >= 11 is 0. The van der Waals surface area contributed by atoms with E-state index in [0.29, 0.717) is 5.41 Å². The number of hydrogen-bond donors (Lipinski definition) is 0. The smallest absolute Gasteiger partial charge is 0.0199 e. The maximum absolute atomic E-state index is 2.50. The zero-order valence-electron chi connectivity index (χ0n) is 10.8. The molecule has 2 aliphatic rings. The highest BCUT2D eigenvalue weighted by Gasteiger charge is 2.50. The van der Waals surface area contributed by atoms with Gasteiger partial charge in [-0.25, -0.2) is 0 Å². The Labute approximate surface area is 95.1 Å². The lowest BCUT2D eigenvalue weighted by Gasteiger charge is -2.15. The van der Waals surface area contributed by atoms with Gasteiger partial charge in [0, 0.05) is 0 Å². The van der Waals surface area contributed by atoms with Crippen LogP contribution in [0.5, 0.6) is 0 Å². The molecule has 0 N–H and O–H groups in total. The molecule has 0 heterocycles. The molecule has 0 bridgehead atoms. The lowest BCUT2D eigenvalue weighted by Crippen LogP contribution is -2.02. The van der Waals surface area contributed by atoms with E-state index in [-0.39, 0.29) is 0 Å². The molecule has 0 saturated heterocycles. The highest BCUT2D eigenvalue weighted by Crippen LogP contribution is 2.58. The fourth-order valence-electron chi connectivity index (χ4n) is 2.68. The normalized spacial score (nSPS) is 39.7. The molecular formula is C15H26. The van der Waals surface area contributed by atoms with Crippen LogP contribution in [0.15, 0.2) is 12.2 Å². The molecule has 2 saturated carbocycles. The van der Waals surface area contributed by atoms with Crippen molar-refractivity contribution in [3.05, 3.63) is 12.2 Å². The second-order valence-electron chi connectivity index (χ2n) is 6.97.